The maximum Gasteiger partial charge on any atom is 0.308 e. The van der Waals surface area contributed by atoms with Crippen LogP contribution in [0.5, 0.6) is 5.75 Å². The fraction of sp³-hybridized carbons (Fsp3) is 0.182. The Kier molecular flexibility index (Phi) is 5.98. The third kappa shape index (κ3) is 4.32. The lowest BCUT2D eigenvalue weighted by atomic mass is 9.83. The molecule has 186 valence electrons. The summed E-state index contributed by atoms with van der Waals surface area (Å²) in [7, 11) is -3.88. The van der Waals surface area contributed by atoms with Crippen molar-refractivity contribution in [1.29, 1.82) is 0 Å². The number of carbonyl (C=O) groups is 3. The molecule has 2 aliphatic rings. The van der Waals surface area contributed by atoms with Gasteiger partial charge in [0.2, 0.25) is 27.7 Å². The minimum atomic E-state index is -3.88. The predicted octanol–water partition coefficient (Wildman–Crippen LogP) is 0.780. The highest BCUT2D eigenvalue weighted by molar-refractivity contribution is 8.00. The minimum absolute atomic E-state index is 0.0344. The lowest BCUT2D eigenvalue weighted by molar-refractivity contribution is -0.126. The molecule has 11 nitrogen and oxygen atoms in total. The van der Waals surface area contributed by atoms with E-state index in [-0.39, 0.29) is 17.2 Å². The summed E-state index contributed by atoms with van der Waals surface area (Å²) in [5.74, 6) is -2.75. The van der Waals surface area contributed by atoms with Crippen molar-refractivity contribution in [1.82, 2.24) is 9.88 Å². The molecule has 0 bridgehead atoms. The van der Waals surface area contributed by atoms with Crippen molar-refractivity contribution in [3.63, 3.8) is 0 Å². The standard InChI is InChI=1S/C22H18N4O7S3/c23-36(32,33)13-7-3-11(4-8-13)24-14(28)9-26-21-18(35-22(26)31)15(10-1-5-12(27)6-2-10)16-17(34-21)20(30)25-19(16)29/h1-8,15-17,27H,9H2,(H,24,28)(H2,23,32,33)(H,25,29,30)/t15-,16+,17-/m0/s1. The van der Waals surface area contributed by atoms with Crippen LogP contribution in [0.4, 0.5) is 5.69 Å². The molecule has 14 heteroatoms. The number of primary sulfonamides is 1. The average molecular weight is 547 g/mol. The summed E-state index contributed by atoms with van der Waals surface area (Å²) in [5.41, 5.74) is 0.960. The van der Waals surface area contributed by atoms with Crippen molar-refractivity contribution in [2.24, 2.45) is 11.1 Å². The Labute approximate surface area is 212 Å². The number of nitrogens with two attached hydrogens (primary N) is 1. The van der Waals surface area contributed by atoms with Crippen LogP contribution in [0, 0.1) is 5.92 Å². The molecular formula is C22H18N4O7S3. The van der Waals surface area contributed by atoms with Gasteiger partial charge in [-0.25, -0.2) is 13.6 Å². The first-order chi connectivity index (χ1) is 17.0. The number of thiazole rings is 1. The van der Waals surface area contributed by atoms with Crippen molar-refractivity contribution in [2.45, 2.75) is 27.6 Å². The summed E-state index contributed by atoms with van der Waals surface area (Å²) in [6.45, 7) is -0.357. The van der Waals surface area contributed by atoms with E-state index in [4.69, 9.17) is 5.14 Å². The molecule has 0 aliphatic carbocycles. The van der Waals surface area contributed by atoms with Gasteiger partial charge in [0.05, 0.1) is 15.8 Å². The molecule has 0 spiro atoms. The van der Waals surface area contributed by atoms with Gasteiger partial charge in [-0.2, -0.15) is 0 Å². The third-order valence-electron chi connectivity index (χ3n) is 5.91. The largest absolute Gasteiger partial charge is 0.508 e. The van der Waals surface area contributed by atoms with Gasteiger partial charge in [0.15, 0.2) is 0 Å². The van der Waals surface area contributed by atoms with Gasteiger partial charge in [-0.05, 0) is 42.0 Å². The Balaban J connectivity index is 1.47. The van der Waals surface area contributed by atoms with E-state index in [1.807, 2.05) is 0 Å². The molecule has 5 N–H and O–H groups in total. The second-order valence-corrected chi connectivity index (χ2v) is 11.9. The number of fused-ring (bicyclic) bond motifs is 2. The summed E-state index contributed by atoms with van der Waals surface area (Å²) in [6.07, 6.45) is 0. The molecule has 0 unspecified atom stereocenters. The molecule has 3 amide bonds. The first-order valence-corrected chi connectivity index (χ1v) is 13.7. The van der Waals surface area contributed by atoms with Crippen LogP contribution in [0.2, 0.25) is 0 Å². The zero-order chi connectivity index (χ0) is 25.8. The molecule has 3 aromatic rings. The highest BCUT2D eigenvalue weighted by Crippen LogP contribution is 2.51. The quantitative estimate of drug-likeness (QED) is 0.339. The van der Waals surface area contributed by atoms with Gasteiger partial charge in [-0.3, -0.25) is 29.1 Å². The molecule has 2 aliphatic heterocycles. The van der Waals surface area contributed by atoms with Crippen molar-refractivity contribution in [2.75, 3.05) is 5.32 Å². The van der Waals surface area contributed by atoms with Crippen LogP contribution < -0.4 is 20.6 Å². The minimum Gasteiger partial charge on any atom is -0.508 e. The highest BCUT2D eigenvalue weighted by Gasteiger charge is 2.52. The number of aromatic nitrogens is 1. The number of sulfonamides is 1. The van der Waals surface area contributed by atoms with Crippen molar-refractivity contribution in [3.8, 4) is 5.75 Å². The van der Waals surface area contributed by atoms with Gasteiger partial charge >= 0.3 is 4.87 Å². The number of hydrogen-bond donors (Lipinski definition) is 4. The number of amides is 3. The topological polar surface area (TPSA) is 178 Å². The number of anilines is 1. The Morgan fingerprint density at radius 2 is 1.72 bits per heavy atom. The molecular weight excluding hydrogens is 528 g/mol. The van der Waals surface area contributed by atoms with E-state index in [1.165, 1.54) is 41.0 Å². The maximum absolute atomic E-state index is 12.9. The summed E-state index contributed by atoms with van der Waals surface area (Å²) in [4.78, 5) is 50.9. The number of carbonyl (C=O) groups excluding carboxylic acids is 3. The third-order valence-corrected chi connectivity index (χ3v) is 9.45. The van der Waals surface area contributed by atoms with Crippen LogP contribution in [-0.4, -0.2) is 41.1 Å². The zero-order valence-corrected chi connectivity index (χ0v) is 20.7. The van der Waals surface area contributed by atoms with Crippen molar-refractivity contribution >= 4 is 56.5 Å². The van der Waals surface area contributed by atoms with Crippen LogP contribution in [0.1, 0.15) is 16.4 Å². The second kappa shape index (κ2) is 8.89. The van der Waals surface area contributed by atoms with Crippen LogP contribution in [0.15, 0.2) is 63.2 Å². The number of hydrogen-bond acceptors (Lipinski definition) is 9. The number of phenolic OH excluding ortho intramolecular Hbond substituents is 1. The fourth-order valence-corrected chi connectivity index (χ4v) is 7.54. The fourth-order valence-electron chi connectivity index (χ4n) is 4.29. The van der Waals surface area contributed by atoms with Gasteiger partial charge in [0.1, 0.15) is 17.5 Å². The van der Waals surface area contributed by atoms with Gasteiger partial charge in [-0.1, -0.05) is 35.2 Å². The van der Waals surface area contributed by atoms with E-state index < -0.39 is 49.7 Å². The lowest BCUT2D eigenvalue weighted by Crippen LogP contribution is -2.32. The Bertz CT molecular complexity index is 1560. The Hall–Kier alpha value is -3.46. The molecule has 1 aromatic heterocycles. The summed E-state index contributed by atoms with van der Waals surface area (Å²) in [6, 6.07) is 11.5. The number of nitrogens with zero attached hydrogens (tertiary/aromatic N) is 1. The molecule has 2 aromatic carbocycles. The van der Waals surface area contributed by atoms with Gasteiger partial charge in [0, 0.05) is 16.5 Å². The molecule has 3 atom stereocenters. The molecule has 0 radical (unpaired) electrons. The van der Waals surface area contributed by atoms with E-state index in [0.717, 1.165) is 23.1 Å². The predicted molar refractivity (Wildman–Crippen MR) is 131 cm³/mol. The van der Waals surface area contributed by atoms with Crippen molar-refractivity contribution in [3.05, 3.63) is 68.6 Å². The van der Waals surface area contributed by atoms with Gasteiger partial charge in [0.25, 0.3) is 0 Å². The molecule has 5 rings (SSSR count). The number of imide groups is 1. The van der Waals surface area contributed by atoms with Crippen LogP contribution in [0.3, 0.4) is 0 Å². The van der Waals surface area contributed by atoms with Crippen molar-refractivity contribution < 1.29 is 27.9 Å². The Morgan fingerprint density at radius 1 is 1.06 bits per heavy atom. The van der Waals surface area contributed by atoms with E-state index in [9.17, 15) is 32.7 Å². The van der Waals surface area contributed by atoms with Crippen LogP contribution in [0.25, 0.3) is 0 Å². The van der Waals surface area contributed by atoms with E-state index in [1.54, 1.807) is 12.1 Å². The lowest BCUT2D eigenvalue weighted by Gasteiger charge is -2.30. The highest BCUT2D eigenvalue weighted by atomic mass is 32.2. The van der Waals surface area contributed by atoms with Gasteiger partial charge in [-0.15, -0.1) is 0 Å². The molecule has 36 heavy (non-hydrogen) atoms. The van der Waals surface area contributed by atoms with E-state index in [2.05, 4.69) is 10.6 Å². The Morgan fingerprint density at radius 3 is 2.36 bits per heavy atom. The zero-order valence-electron chi connectivity index (χ0n) is 18.2. The summed E-state index contributed by atoms with van der Waals surface area (Å²) < 4.78 is 24.1. The SMILES string of the molecule is NS(=O)(=O)c1ccc(NC(=O)Cn2c3c(sc2=O)[C@@H](c2ccc(O)cc2)[C@H]2C(=O)NC(=O)[C@H]2S3)cc1. The maximum atomic E-state index is 12.9. The van der Waals surface area contributed by atoms with Crippen LogP contribution >= 0.6 is 23.1 Å². The summed E-state index contributed by atoms with van der Waals surface area (Å²) in [5, 5.41) is 19.4. The number of aromatic hydroxyl groups is 1. The van der Waals surface area contributed by atoms with Crippen LogP contribution in [-0.2, 0) is 31.0 Å². The van der Waals surface area contributed by atoms with E-state index in [0.29, 0.717) is 21.2 Å². The first-order valence-electron chi connectivity index (χ1n) is 10.5. The molecule has 1 fully saturated rings. The molecule has 1 saturated heterocycles. The normalized spacial score (nSPS) is 21.0. The number of phenols is 1. The number of benzene rings is 2. The summed E-state index contributed by atoms with van der Waals surface area (Å²) >= 11 is 1.97. The molecule has 3 heterocycles. The second-order valence-electron chi connectivity index (χ2n) is 8.23. The molecule has 0 saturated carbocycles. The monoisotopic (exact) mass is 546 g/mol. The van der Waals surface area contributed by atoms with E-state index >= 15 is 0 Å². The number of thioether (sulfide) groups is 1. The smallest absolute Gasteiger partial charge is 0.308 e. The average Bonchev–Trinajstić information content (AvgIpc) is 3.28. The number of rotatable bonds is 5. The first kappa shape index (κ1) is 24.2. The van der Waals surface area contributed by atoms with Gasteiger partial charge < -0.3 is 10.4 Å². The number of nitrogens with one attached hydrogen (secondary N) is 2.